The molecule has 1 heterocycles. The molecule has 0 saturated carbocycles. The van der Waals surface area contributed by atoms with Gasteiger partial charge in [0.1, 0.15) is 35.3 Å². The molecule has 0 atom stereocenters. The molecule has 0 aliphatic carbocycles. The molecule has 1 aliphatic heterocycles. The molecule has 9 heteroatoms. The van der Waals surface area contributed by atoms with Gasteiger partial charge < -0.3 is 20.3 Å². The fourth-order valence-electron chi connectivity index (χ4n) is 2.92. The van der Waals surface area contributed by atoms with Crippen LogP contribution in [-0.2, 0) is 4.74 Å². The molecule has 2 N–H and O–H groups in total. The van der Waals surface area contributed by atoms with Gasteiger partial charge in [-0.1, -0.05) is 0 Å². The normalized spacial score (nSPS) is 14.0. The lowest BCUT2D eigenvalue weighted by Crippen LogP contribution is -2.44. The first-order valence-electron chi connectivity index (χ1n) is 9.42. The Hall–Kier alpha value is -3.77. The van der Waals surface area contributed by atoms with E-state index in [0.29, 0.717) is 31.6 Å². The van der Waals surface area contributed by atoms with Gasteiger partial charge >= 0.3 is 6.09 Å². The van der Waals surface area contributed by atoms with Crippen molar-refractivity contribution in [3.05, 3.63) is 35.3 Å². The van der Waals surface area contributed by atoms with Crippen LogP contribution in [-0.4, -0.2) is 35.7 Å². The summed E-state index contributed by atoms with van der Waals surface area (Å²) in [5.74, 6) is -0.532. The van der Waals surface area contributed by atoms with E-state index in [-0.39, 0.29) is 23.5 Å². The number of rotatable bonds is 4. The molecule has 1 aliphatic rings. The first-order chi connectivity index (χ1) is 14.2. The van der Waals surface area contributed by atoms with E-state index in [1.807, 2.05) is 20.8 Å². The molecule has 30 heavy (non-hydrogen) atoms. The molecule has 8 nitrogen and oxygen atoms in total. The van der Waals surface area contributed by atoms with E-state index in [0.717, 1.165) is 0 Å². The number of allylic oxidation sites excluding steroid dienone is 2. The van der Waals surface area contributed by atoms with Crippen molar-refractivity contribution in [1.29, 1.82) is 15.8 Å². The summed E-state index contributed by atoms with van der Waals surface area (Å²) in [5.41, 5.74) is -0.440. The smallest absolute Gasteiger partial charge is 0.410 e. The molecule has 156 valence electrons. The average Bonchev–Trinajstić information content (AvgIpc) is 2.69. The maximum absolute atomic E-state index is 13.8. The molecular weight excluding hydrogens is 387 g/mol. The van der Waals surface area contributed by atoms with Crippen molar-refractivity contribution < 1.29 is 13.9 Å². The fourth-order valence-corrected chi connectivity index (χ4v) is 2.92. The second kappa shape index (κ2) is 9.62. The number of nitrogens with zero attached hydrogens (tertiary/aromatic N) is 4. The summed E-state index contributed by atoms with van der Waals surface area (Å²) in [6.45, 7) is 6.46. The standard InChI is InChI=1S/C21H23FN6O2/c1-21(2,3)30-20(29)28-8-6-16(7-9-28)26-17-5-4-15(22)10-18(17)27-19(13-25)14(11-23)12-24/h4-5,10,16,26-27H,6-9H2,1-3H3. The molecule has 1 aromatic rings. The molecule has 0 spiro atoms. The number of carbonyl (C=O) groups is 1. The highest BCUT2D eigenvalue weighted by Gasteiger charge is 2.27. The van der Waals surface area contributed by atoms with E-state index in [4.69, 9.17) is 15.3 Å². The SMILES string of the molecule is CC(C)(C)OC(=O)N1CCC(Nc2ccc(F)cc2NC(C#N)=C(C#N)C#N)CC1. The summed E-state index contributed by atoms with van der Waals surface area (Å²) in [6.07, 6.45) is 0.950. The van der Waals surface area contributed by atoms with Crippen molar-refractivity contribution in [2.24, 2.45) is 0 Å². The number of nitrogens with one attached hydrogen (secondary N) is 2. The number of likely N-dealkylation sites (tertiary alicyclic amines) is 1. The molecule has 1 aromatic carbocycles. The zero-order valence-electron chi connectivity index (χ0n) is 17.1. The summed E-state index contributed by atoms with van der Waals surface area (Å²) < 4.78 is 19.2. The van der Waals surface area contributed by atoms with Gasteiger partial charge in [0, 0.05) is 19.1 Å². The number of benzene rings is 1. The van der Waals surface area contributed by atoms with Gasteiger partial charge in [-0.25, -0.2) is 9.18 Å². The topological polar surface area (TPSA) is 125 Å². The molecule has 1 saturated heterocycles. The Bertz CT molecular complexity index is 938. The average molecular weight is 410 g/mol. The Morgan fingerprint density at radius 3 is 2.30 bits per heavy atom. The Morgan fingerprint density at radius 2 is 1.77 bits per heavy atom. The van der Waals surface area contributed by atoms with Crippen LogP contribution in [0.3, 0.4) is 0 Å². The second-order valence-electron chi connectivity index (χ2n) is 7.79. The minimum Gasteiger partial charge on any atom is -0.444 e. The number of amides is 1. The number of piperidine rings is 1. The van der Waals surface area contributed by atoms with Crippen LogP contribution in [0.4, 0.5) is 20.6 Å². The van der Waals surface area contributed by atoms with Crippen LogP contribution in [0.2, 0.25) is 0 Å². The summed E-state index contributed by atoms with van der Waals surface area (Å²) in [5, 5.41) is 33.1. The van der Waals surface area contributed by atoms with Crippen molar-refractivity contribution >= 4 is 17.5 Å². The van der Waals surface area contributed by atoms with Gasteiger partial charge in [-0.2, -0.15) is 15.8 Å². The number of anilines is 2. The third-order valence-electron chi connectivity index (χ3n) is 4.33. The second-order valence-corrected chi connectivity index (χ2v) is 7.79. The minimum atomic E-state index is -0.557. The number of hydrogen-bond donors (Lipinski definition) is 2. The van der Waals surface area contributed by atoms with Crippen LogP contribution >= 0.6 is 0 Å². The first-order valence-corrected chi connectivity index (χ1v) is 9.42. The summed E-state index contributed by atoms with van der Waals surface area (Å²) in [4.78, 5) is 13.8. The van der Waals surface area contributed by atoms with Gasteiger partial charge in [0.2, 0.25) is 0 Å². The van der Waals surface area contributed by atoms with Gasteiger partial charge in [-0.15, -0.1) is 0 Å². The molecular formula is C21H23FN6O2. The van der Waals surface area contributed by atoms with Crippen LogP contribution in [0, 0.1) is 39.8 Å². The van der Waals surface area contributed by atoms with E-state index >= 15 is 0 Å². The van der Waals surface area contributed by atoms with E-state index in [2.05, 4.69) is 10.6 Å². The highest BCUT2D eigenvalue weighted by molar-refractivity contribution is 5.73. The van der Waals surface area contributed by atoms with Gasteiger partial charge in [0.15, 0.2) is 5.57 Å². The van der Waals surface area contributed by atoms with Crippen LogP contribution in [0.5, 0.6) is 0 Å². The Labute approximate surface area is 175 Å². The molecule has 0 radical (unpaired) electrons. The zero-order chi connectivity index (χ0) is 22.3. The molecule has 0 bridgehead atoms. The number of carbonyl (C=O) groups excluding carboxylic acids is 1. The predicted octanol–water partition coefficient (Wildman–Crippen LogP) is 3.87. The summed E-state index contributed by atoms with van der Waals surface area (Å²) in [7, 11) is 0. The molecule has 1 fully saturated rings. The number of ether oxygens (including phenoxy) is 1. The highest BCUT2D eigenvalue weighted by Crippen LogP contribution is 2.27. The maximum atomic E-state index is 13.8. The molecule has 0 aromatic heterocycles. The van der Waals surface area contributed by atoms with Gasteiger partial charge in [0.05, 0.1) is 11.4 Å². The van der Waals surface area contributed by atoms with Crippen molar-refractivity contribution in [1.82, 2.24) is 4.90 Å². The van der Waals surface area contributed by atoms with Gasteiger partial charge in [-0.3, -0.25) is 0 Å². The van der Waals surface area contributed by atoms with Crippen LogP contribution in [0.15, 0.2) is 29.5 Å². The zero-order valence-corrected chi connectivity index (χ0v) is 17.1. The predicted molar refractivity (Wildman–Crippen MR) is 108 cm³/mol. The quantitative estimate of drug-likeness (QED) is 0.722. The van der Waals surface area contributed by atoms with Crippen LogP contribution in [0.1, 0.15) is 33.6 Å². The van der Waals surface area contributed by atoms with Crippen LogP contribution in [0.25, 0.3) is 0 Å². The largest absolute Gasteiger partial charge is 0.444 e. The monoisotopic (exact) mass is 410 g/mol. The number of halogens is 1. The van der Waals surface area contributed by atoms with E-state index in [1.165, 1.54) is 18.2 Å². The van der Waals surface area contributed by atoms with Crippen molar-refractivity contribution in [2.45, 2.75) is 45.3 Å². The molecule has 2 rings (SSSR count). The van der Waals surface area contributed by atoms with Gasteiger partial charge in [0.25, 0.3) is 0 Å². The maximum Gasteiger partial charge on any atom is 0.410 e. The van der Waals surface area contributed by atoms with E-state index in [9.17, 15) is 14.4 Å². The van der Waals surface area contributed by atoms with E-state index < -0.39 is 17.0 Å². The Balaban J connectivity index is 2.10. The summed E-state index contributed by atoms with van der Waals surface area (Å²) >= 11 is 0. The highest BCUT2D eigenvalue weighted by atomic mass is 19.1. The lowest BCUT2D eigenvalue weighted by Gasteiger charge is -2.34. The fraction of sp³-hybridized carbons (Fsp3) is 0.429. The number of hydrogen-bond acceptors (Lipinski definition) is 7. The van der Waals surface area contributed by atoms with Crippen molar-refractivity contribution in [2.75, 3.05) is 23.7 Å². The van der Waals surface area contributed by atoms with Gasteiger partial charge in [-0.05, 0) is 51.8 Å². The van der Waals surface area contributed by atoms with E-state index in [1.54, 1.807) is 23.1 Å². The van der Waals surface area contributed by atoms with Crippen molar-refractivity contribution in [3.8, 4) is 18.2 Å². The summed E-state index contributed by atoms with van der Waals surface area (Å²) in [6, 6.07) is 9.02. The lowest BCUT2D eigenvalue weighted by atomic mass is 10.0. The third kappa shape index (κ3) is 6.12. The lowest BCUT2D eigenvalue weighted by molar-refractivity contribution is 0.0210. The molecule has 0 unspecified atom stereocenters. The minimum absolute atomic E-state index is 0.00983. The van der Waals surface area contributed by atoms with Crippen molar-refractivity contribution in [3.63, 3.8) is 0 Å². The van der Waals surface area contributed by atoms with Crippen LogP contribution < -0.4 is 10.6 Å². The Kier molecular flexibility index (Phi) is 7.22. The number of nitriles is 3. The Morgan fingerprint density at radius 1 is 1.13 bits per heavy atom. The third-order valence-corrected chi connectivity index (χ3v) is 4.33. The first kappa shape index (κ1) is 22.5. The molecule has 1 amide bonds.